The standard InChI is InChI=1S/C23H44N8O7/c1-3-13(2)18(21(36)30-16(22(37)38)8-6-12-28-23(26)27)31-20(35)15(9-10-17(32)33)29-19(34)14(25)7-4-5-11-24/h13-16,18H,3-12,24-25H2,1-2H3,(H,29,34)(H,30,36)(H,31,35)(H,32,33)(H,37,38)(H4,26,27,28). The quantitative estimate of drug-likeness (QED) is 0.0456. The first-order chi connectivity index (χ1) is 17.8. The summed E-state index contributed by atoms with van der Waals surface area (Å²) in [7, 11) is 0. The highest BCUT2D eigenvalue weighted by atomic mass is 16.4. The largest absolute Gasteiger partial charge is 0.481 e. The molecule has 3 amide bonds. The van der Waals surface area contributed by atoms with Crippen molar-refractivity contribution >= 4 is 35.6 Å². The molecule has 0 bridgehead atoms. The summed E-state index contributed by atoms with van der Waals surface area (Å²) in [5.74, 6) is -5.15. The number of nitrogens with zero attached hydrogens (tertiary/aromatic N) is 1. The monoisotopic (exact) mass is 544 g/mol. The Kier molecular flexibility index (Phi) is 17.0. The Balaban J connectivity index is 5.53. The summed E-state index contributed by atoms with van der Waals surface area (Å²) in [4.78, 5) is 65.2. The van der Waals surface area contributed by atoms with E-state index in [-0.39, 0.29) is 31.8 Å². The van der Waals surface area contributed by atoms with E-state index in [9.17, 15) is 29.1 Å². The number of unbranched alkanes of at least 4 members (excludes halogenated alkanes) is 1. The van der Waals surface area contributed by atoms with E-state index in [1.807, 2.05) is 0 Å². The Labute approximate surface area is 222 Å². The van der Waals surface area contributed by atoms with Crippen molar-refractivity contribution in [3.63, 3.8) is 0 Å². The van der Waals surface area contributed by atoms with Gasteiger partial charge in [0.25, 0.3) is 0 Å². The van der Waals surface area contributed by atoms with Gasteiger partial charge in [-0.2, -0.15) is 0 Å². The van der Waals surface area contributed by atoms with Gasteiger partial charge < -0.3 is 49.1 Å². The number of nitrogens with two attached hydrogens (primary N) is 4. The zero-order valence-electron chi connectivity index (χ0n) is 22.2. The molecule has 0 aliphatic rings. The topological polar surface area (TPSA) is 278 Å². The molecular formula is C23H44N8O7. The highest BCUT2D eigenvalue weighted by Crippen LogP contribution is 2.11. The SMILES string of the molecule is CCC(C)C(NC(=O)C(CCC(=O)O)NC(=O)C(N)CCCCN)C(=O)NC(CCCN=C(N)N)C(=O)O. The van der Waals surface area contributed by atoms with Crippen LogP contribution in [0.25, 0.3) is 0 Å². The van der Waals surface area contributed by atoms with E-state index in [0.717, 1.165) is 0 Å². The predicted molar refractivity (Wildman–Crippen MR) is 141 cm³/mol. The van der Waals surface area contributed by atoms with E-state index < -0.39 is 66.2 Å². The fourth-order valence-electron chi connectivity index (χ4n) is 3.43. The van der Waals surface area contributed by atoms with Crippen molar-refractivity contribution in [1.29, 1.82) is 0 Å². The van der Waals surface area contributed by atoms with Gasteiger partial charge in [-0.25, -0.2) is 4.79 Å². The lowest BCUT2D eigenvalue weighted by Crippen LogP contribution is -2.58. The zero-order valence-corrected chi connectivity index (χ0v) is 22.2. The molecule has 0 saturated heterocycles. The first kappa shape index (κ1) is 34.5. The molecule has 0 aromatic carbocycles. The van der Waals surface area contributed by atoms with Gasteiger partial charge in [0.2, 0.25) is 17.7 Å². The van der Waals surface area contributed by atoms with Crippen molar-refractivity contribution < 1.29 is 34.2 Å². The molecule has 0 radical (unpaired) electrons. The first-order valence-electron chi connectivity index (χ1n) is 12.7. The first-order valence-corrected chi connectivity index (χ1v) is 12.7. The number of rotatable bonds is 20. The number of hydrogen-bond donors (Lipinski definition) is 9. The maximum Gasteiger partial charge on any atom is 0.326 e. The highest BCUT2D eigenvalue weighted by Gasteiger charge is 2.32. The highest BCUT2D eigenvalue weighted by molar-refractivity contribution is 5.94. The number of carbonyl (C=O) groups excluding carboxylic acids is 3. The summed E-state index contributed by atoms with van der Waals surface area (Å²) >= 11 is 0. The van der Waals surface area contributed by atoms with Crippen LogP contribution < -0.4 is 38.9 Å². The summed E-state index contributed by atoms with van der Waals surface area (Å²) in [6.45, 7) is 4.09. The van der Waals surface area contributed by atoms with Gasteiger partial charge in [-0.15, -0.1) is 0 Å². The third-order valence-electron chi connectivity index (χ3n) is 5.94. The van der Waals surface area contributed by atoms with Crippen LogP contribution in [0.5, 0.6) is 0 Å². The molecule has 0 spiro atoms. The molecule has 38 heavy (non-hydrogen) atoms. The Hall–Kier alpha value is -3.46. The average molecular weight is 545 g/mol. The number of carboxylic acids is 2. The normalized spacial score (nSPS) is 14.7. The van der Waals surface area contributed by atoms with E-state index in [1.165, 1.54) is 0 Å². The molecule has 0 heterocycles. The average Bonchev–Trinajstić information content (AvgIpc) is 2.85. The molecule has 0 aliphatic heterocycles. The summed E-state index contributed by atoms with van der Waals surface area (Å²) in [5, 5.41) is 26.0. The number of carboxylic acid groups (broad SMARTS) is 2. The second-order valence-corrected chi connectivity index (χ2v) is 9.10. The van der Waals surface area contributed by atoms with Crippen LogP contribution in [0.4, 0.5) is 0 Å². The summed E-state index contributed by atoms with van der Waals surface area (Å²) in [5.41, 5.74) is 21.8. The maximum absolute atomic E-state index is 13.1. The smallest absolute Gasteiger partial charge is 0.326 e. The number of aliphatic carboxylic acids is 2. The van der Waals surface area contributed by atoms with Gasteiger partial charge >= 0.3 is 11.9 Å². The van der Waals surface area contributed by atoms with Gasteiger partial charge in [0.15, 0.2) is 5.96 Å². The second-order valence-electron chi connectivity index (χ2n) is 9.10. The van der Waals surface area contributed by atoms with Crippen LogP contribution in [0.1, 0.15) is 65.2 Å². The number of nitrogens with one attached hydrogen (secondary N) is 3. The van der Waals surface area contributed by atoms with Crippen molar-refractivity contribution in [2.24, 2.45) is 33.8 Å². The van der Waals surface area contributed by atoms with Gasteiger partial charge in [-0.3, -0.25) is 24.2 Å². The summed E-state index contributed by atoms with van der Waals surface area (Å²) in [6.07, 6.45) is 1.72. The van der Waals surface area contributed by atoms with Crippen LogP contribution in [-0.2, 0) is 24.0 Å². The molecule has 5 unspecified atom stereocenters. The minimum absolute atomic E-state index is 0.0400. The molecule has 5 atom stereocenters. The Morgan fingerprint density at radius 2 is 1.47 bits per heavy atom. The van der Waals surface area contributed by atoms with Gasteiger partial charge in [0.1, 0.15) is 18.1 Å². The summed E-state index contributed by atoms with van der Waals surface area (Å²) in [6, 6.07) is -4.59. The number of guanidine groups is 1. The Morgan fingerprint density at radius 1 is 0.842 bits per heavy atom. The molecule has 15 nitrogen and oxygen atoms in total. The molecule has 218 valence electrons. The minimum Gasteiger partial charge on any atom is -0.481 e. The molecular weight excluding hydrogens is 500 g/mol. The van der Waals surface area contributed by atoms with Gasteiger partial charge in [0.05, 0.1) is 6.04 Å². The van der Waals surface area contributed by atoms with Crippen LogP contribution >= 0.6 is 0 Å². The molecule has 0 aliphatic carbocycles. The molecule has 0 saturated carbocycles. The van der Waals surface area contributed by atoms with Crippen molar-refractivity contribution in [2.75, 3.05) is 13.1 Å². The fourth-order valence-corrected chi connectivity index (χ4v) is 3.43. The van der Waals surface area contributed by atoms with Crippen molar-refractivity contribution in [3.05, 3.63) is 0 Å². The number of amides is 3. The maximum atomic E-state index is 13.1. The van der Waals surface area contributed by atoms with Crippen LogP contribution in [0, 0.1) is 5.92 Å². The van der Waals surface area contributed by atoms with Gasteiger partial charge in [0, 0.05) is 13.0 Å². The number of carbonyl (C=O) groups is 5. The molecule has 0 fully saturated rings. The lowest BCUT2D eigenvalue weighted by Gasteiger charge is -2.28. The molecule has 15 heteroatoms. The van der Waals surface area contributed by atoms with E-state index in [2.05, 4.69) is 20.9 Å². The van der Waals surface area contributed by atoms with Gasteiger partial charge in [-0.05, 0) is 44.6 Å². The molecule has 0 aromatic heterocycles. The van der Waals surface area contributed by atoms with E-state index in [1.54, 1.807) is 13.8 Å². The number of aliphatic imine (C=N–C) groups is 1. The lowest BCUT2D eigenvalue weighted by atomic mass is 9.96. The van der Waals surface area contributed by atoms with Crippen molar-refractivity contribution in [3.8, 4) is 0 Å². The van der Waals surface area contributed by atoms with Crippen molar-refractivity contribution in [2.45, 2.75) is 89.4 Å². The minimum atomic E-state index is -1.27. The molecule has 0 aromatic rings. The lowest BCUT2D eigenvalue weighted by molar-refractivity contribution is -0.143. The third-order valence-corrected chi connectivity index (χ3v) is 5.94. The van der Waals surface area contributed by atoms with Crippen LogP contribution in [0.2, 0.25) is 0 Å². The predicted octanol–water partition coefficient (Wildman–Crippen LogP) is -2.05. The van der Waals surface area contributed by atoms with Crippen LogP contribution in [0.3, 0.4) is 0 Å². The Morgan fingerprint density at radius 3 is 2.00 bits per heavy atom. The number of hydrogen-bond acceptors (Lipinski definition) is 8. The second kappa shape index (κ2) is 18.7. The summed E-state index contributed by atoms with van der Waals surface area (Å²) < 4.78 is 0. The molecule has 0 rings (SSSR count). The van der Waals surface area contributed by atoms with Crippen molar-refractivity contribution in [1.82, 2.24) is 16.0 Å². The van der Waals surface area contributed by atoms with E-state index in [4.69, 9.17) is 28.0 Å². The zero-order chi connectivity index (χ0) is 29.3. The van der Waals surface area contributed by atoms with Gasteiger partial charge in [-0.1, -0.05) is 26.7 Å². The van der Waals surface area contributed by atoms with E-state index in [0.29, 0.717) is 32.2 Å². The van der Waals surface area contributed by atoms with Crippen LogP contribution in [0.15, 0.2) is 4.99 Å². The van der Waals surface area contributed by atoms with Crippen LogP contribution in [-0.4, -0.2) is 83.1 Å². The third kappa shape index (κ3) is 14.3. The van der Waals surface area contributed by atoms with E-state index >= 15 is 0 Å². The Bertz CT molecular complexity index is 820. The fraction of sp³-hybridized carbons (Fsp3) is 0.739. The molecule has 13 N–H and O–H groups in total.